The zero-order valence-electron chi connectivity index (χ0n) is 23.0. The number of ether oxygens (including phenoxy) is 2. The van der Waals surface area contributed by atoms with E-state index in [1.54, 1.807) is 51.1 Å². The first kappa shape index (κ1) is 30.8. The molecule has 1 heterocycles. The maximum absolute atomic E-state index is 17.1. The fourth-order valence-electron chi connectivity index (χ4n) is 4.60. The summed E-state index contributed by atoms with van der Waals surface area (Å²) in [7, 11) is 1.21. The number of methoxy groups -OCH3 is 1. The molecule has 0 aromatic heterocycles. The highest BCUT2D eigenvalue weighted by molar-refractivity contribution is 6.31. The number of urea groups is 1. The topological polar surface area (TPSA) is 84.9 Å². The zero-order valence-corrected chi connectivity index (χ0v) is 23.8. The molecule has 3 aromatic rings. The lowest BCUT2D eigenvalue weighted by atomic mass is 9.88. The van der Waals surface area contributed by atoms with Crippen LogP contribution in [0, 0.1) is 0 Å². The number of hydrogen-bond acceptors (Lipinski definition) is 5. The van der Waals surface area contributed by atoms with Crippen LogP contribution in [-0.2, 0) is 32.6 Å². The molecule has 0 saturated heterocycles. The van der Waals surface area contributed by atoms with Crippen molar-refractivity contribution in [2.75, 3.05) is 12.0 Å². The highest BCUT2D eigenvalue weighted by Crippen LogP contribution is 2.51. The molecule has 0 radical (unpaired) electrons. The second kappa shape index (κ2) is 11.3. The monoisotopic (exact) mass is 606 g/mol. The van der Waals surface area contributed by atoms with E-state index in [1.807, 2.05) is 0 Å². The summed E-state index contributed by atoms with van der Waals surface area (Å²) in [5.74, 6) is -2.50. The predicted molar refractivity (Wildman–Crippen MR) is 147 cm³/mol. The molecular formula is C30H27ClF4N2O5. The second-order valence-electron chi connectivity index (χ2n) is 10.6. The maximum atomic E-state index is 17.1. The summed E-state index contributed by atoms with van der Waals surface area (Å²) < 4.78 is 68.8. The van der Waals surface area contributed by atoms with Gasteiger partial charge < -0.3 is 14.8 Å². The second-order valence-corrected chi connectivity index (χ2v) is 11.0. The number of hydrogen-bond donors (Lipinski definition) is 1. The van der Waals surface area contributed by atoms with E-state index in [4.69, 9.17) is 21.1 Å². The van der Waals surface area contributed by atoms with Crippen LogP contribution in [0.25, 0.3) is 0 Å². The average molecular weight is 607 g/mol. The molecule has 42 heavy (non-hydrogen) atoms. The highest BCUT2D eigenvalue weighted by atomic mass is 35.5. The molecule has 3 amide bonds. The van der Waals surface area contributed by atoms with Crippen LogP contribution < -0.4 is 15.0 Å². The molecule has 3 aromatic carbocycles. The number of imide groups is 1. The third-order valence-electron chi connectivity index (χ3n) is 6.44. The summed E-state index contributed by atoms with van der Waals surface area (Å²) in [6.45, 7) is 4.84. The van der Waals surface area contributed by atoms with E-state index in [1.165, 1.54) is 19.2 Å². The summed E-state index contributed by atoms with van der Waals surface area (Å²) in [6, 6.07) is 11.5. The minimum atomic E-state index is -4.87. The van der Waals surface area contributed by atoms with Crippen LogP contribution in [0.4, 0.5) is 28.0 Å². The van der Waals surface area contributed by atoms with Crippen molar-refractivity contribution in [2.24, 2.45) is 0 Å². The lowest BCUT2D eigenvalue weighted by Crippen LogP contribution is -2.53. The van der Waals surface area contributed by atoms with Gasteiger partial charge in [-0.05, 0) is 56.7 Å². The first-order chi connectivity index (χ1) is 19.6. The summed E-state index contributed by atoms with van der Waals surface area (Å²) >= 11 is 6.08. The molecular weight excluding hydrogens is 580 g/mol. The molecule has 0 fully saturated rings. The molecule has 1 aliphatic heterocycles. The van der Waals surface area contributed by atoms with Crippen molar-refractivity contribution in [1.82, 2.24) is 5.32 Å². The summed E-state index contributed by atoms with van der Waals surface area (Å²) in [5.41, 5.74) is -6.31. The van der Waals surface area contributed by atoms with Gasteiger partial charge in [-0.2, -0.15) is 13.2 Å². The van der Waals surface area contributed by atoms with Crippen LogP contribution in [0.5, 0.6) is 5.75 Å². The fourth-order valence-corrected chi connectivity index (χ4v) is 4.78. The number of benzene rings is 3. The van der Waals surface area contributed by atoms with Gasteiger partial charge in [0, 0.05) is 22.6 Å². The Kier molecular flexibility index (Phi) is 8.28. The van der Waals surface area contributed by atoms with Crippen molar-refractivity contribution in [2.45, 2.75) is 50.7 Å². The maximum Gasteiger partial charge on any atom is 0.416 e. The van der Waals surface area contributed by atoms with Crippen molar-refractivity contribution in [3.8, 4) is 5.75 Å². The third kappa shape index (κ3) is 6.06. The molecule has 4 rings (SSSR count). The number of halogens is 5. The Hall–Kier alpha value is -4.12. The number of amides is 3. The van der Waals surface area contributed by atoms with Crippen molar-refractivity contribution in [3.63, 3.8) is 0 Å². The van der Waals surface area contributed by atoms with Crippen LogP contribution in [0.3, 0.4) is 0 Å². The molecule has 1 aliphatic rings. The summed E-state index contributed by atoms with van der Waals surface area (Å²) in [4.78, 5) is 40.8. The molecule has 1 N–H and O–H groups in total. The normalized spacial score (nSPS) is 17.5. The lowest BCUT2D eigenvalue weighted by molar-refractivity contribution is -0.157. The molecule has 222 valence electrons. The van der Waals surface area contributed by atoms with E-state index in [-0.39, 0.29) is 22.1 Å². The molecule has 0 aliphatic carbocycles. The molecule has 7 nitrogen and oxygen atoms in total. The van der Waals surface area contributed by atoms with Gasteiger partial charge in [0.1, 0.15) is 17.4 Å². The Balaban J connectivity index is 1.82. The Labute approximate surface area is 244 Å². The van der Waals surface area contributed by atoms with Gasteiger partial charge in [-0.1, -0.05) is 48.0 Å². The van der Waals surface area contributed by atoms with E-state index >= 15 is 4.39 Å². The number of anilines is 1. The van der Waals surface area contributed by atoms with E-state index in [0.717, 1.165) is 12.1 Å². The van der Waals surface area contributed by atoms with Crippen LogP contribution in [0.15, 0.2) is 66.7 Å². The first-order valence-electron chi connectivity index (χ1n) is 12.7. The Morgan fingerprint density at radius 3 is 2.26 bits per heavy atom. The number of nitrogens with one attached hydrogen (secondary N) is 1. The molecule has 0 bridgehead atoms. The van der Waals surface area contributed by atoms with Gasteiger partial charge in [-0.15, -0.1) is 0 Å². The number of fused-ring (bicyclic) bond motifs is 1. The van der Waals surface area contributed by atoms with Gasteiger partial charge in [-0.25, -0.2) is 18.9 Å². The first-order valence-corrected chi connectivity index (χ1v) is 13.1. The standard InChI is InChI=1S/C30H27ClF4N2O5/c1-28(2,3)42-25(38)22(14-17-8-6-5-7-9-17)36-27(40)37-23-15-18(30(33,34)35)10-12-20(23)29(32,26(37)39)21-16-19(31)11-13-24(21)41-4/h5-13,15-16,22H,14H2,1-4H3,(H,36,40)/t22-,29-/m0/s1. The highest BCUT2D eigenvalue weighted by Gasteiger charge is 2.57. The minimum absolute atomic E-state index is 0.0137. The van der Waals surface area contributed by atoms with E-state index in [0.29, 0.717) is 17.7 Å². The van der Waals surface area contributed by atoms with E-state index in [9.17, 15) is 27.6 Å². The van der Waals surface area contributed by atoms with Gasteiger partial charge in [0.05, 0.1) is 18.4 Å². The number of esters is 1. The van der Waals surface area contributed by atoms with E-state index < -0.39 is 63.8 Å². The molecule has 12 heteroatoms. The van der Waals surface area contributed by atoms with Crippen LogP contribution in [-0.4, -0.2) is 36.7 Å². The molecule has 0 spiro atoms. The Morgan fingerprint density at radius 1 is 1.00 bits per heavy atom. The fraction of sp³-hybridized carbons (Fsp3) is 0.300. The number of carbonyl (C=O) groups excluding carboxylic acids is 3. The third-order valence-corrected chi connectivity index (χ3v) is 6.68. The van der Waals surface area contributed by atoms with Gasteiger partial charge in [0.25, 0.3) is 5.91 Å². The number of rotatable bonds is 6. The lowest BCUT2D eigenvalue weighted by Gasteiger charge is -2.27. The number of nitrogens with zero attached hydrogens (tertiary/aromatic N) is 1. The SMILES string of the molecule is COc1ccc(Cl)cc1[C@]1(F)C(=O)N(C(=O)N[C@@H](Cc2ccccc2)C(=O)OC(C)(C)C)c2cc(C(F)(F)F)ccc21. The van der Waals surface area contributed by atoms with Crippen LogP contribution in [0.1, 0.15) is 43.0 Å². The Morgan fingerprint density at radius 2 is 1.67 bits per heavy atom. The summed E-state index contributed by atoms with van der Waals surface area (Å²) in [5, 5.41) is 2.39. The number of carbonyl (C=O) groups is 3. The van der Waals surface area contributed by atoms with Crippen molar-refractivity contribution in [1.29, 1.82) is 0 Å². The van der Waals surface area contributed by atoms with Gasteiger partial charge in [0.2, 0.25) is 5.67 Å². The zero-order chi connectivity index (χ0) is 31.0. The van der Waals surface area contributed by atoms with Gasteiger partial charge in [-0.3, -0.25) is 4.79 Å². The van der Waals surface area contributed by atoms with Crippen molar-refractivity contribution < 1.29 is 41.4 Å². The largest absolute Gasteiger partial charge is 0.496 e. The average Bonchev–Trinajstić information content (AvgIpc) is 3.14. The van der Waals surface area contributed by atoms with Crippen LogP contribution >= 0.6 is 11.6 Å². The quantitative estimate of drug-likeness (QED) is 0.253. The smallest absolute Gasteiger partial charge is 0.416 e. The molecule has 0 unspecified atom stereocenters. The molecule has 0 saturated carbocycles. The van der Waals surface area contributed by atoms with Crippen molar-refractivity contribution in [3.05, 3.63) is 94.0 Å². The number of alkyl halides is 4. The summed E-state index contributed by atoms with van der Waals surface area (Å²) in [6.07, 6.45) is -4.95. The molecule has 2 atom stereocenters. The van der Waals surface area contributed by atoms with Crippen LogP contribution in [0.2, 0.25) is 5.02 Å². The predicted octanol–water partition coefficient (Wildman–Crippen LogP) is 6.59. The van der Waals surface area contributed by atoms with Crippen molar-refractivity contribution >= 4 is 35.2 Å². The van der Waals surface area contributed by atoms with E-state index in [2.05, 4.69) is 5.32 Å². The van der Waals surface area contributed by atoms with Gasteiger partial charge in [0.15, 0.2) is 0 Å². The van der Waals surface area contributed by atoms with Gasteiger partial charge >= 0.3 is 18.2 Å². The Bertz CT molecular complexity index is 1520. The minimum Gasteiger partial charge on any atom is -0.496 e.